The lowest BCUT2D eigenvalue weighted by molar-refractivity contribution is -0.121. The Morgan fingerprint density at radius 2 is 2.20 bits per heavy atom. The first kappa shape index (κ1) is 15.3. The number of aliphatic hydroxyl groups is 1. The standard InChI is InChI=1S/C15H20BrNO3/c16-12-5-1-2-7-14(12)20-9-8-15(19)17-10-11-4-3-6-13(11)18/h1-2,5,7,11,13,18H,3-4,6,8-10H2,(H,17,19)/t11-,13+/m1/s1. The van der Waals surface area contributed by atoms with Gasteiger partial charge in [-0.2, -0.15) is 0 Å². The summed E-state index contributed by atoms with van der Waals surface area (Å²) in [5.74, 6) is 0.922. The highest BCUT2D eigenvalue weighted by Crippen LogP contribution is 2.25. The molecule has 0 unspecified atom stereocenters. The molecule has 0 radical (unpaired) electrons. The predicted octanol–water partition coefficient (Wildman–Crippen LogP) is 2.50. The van der Waals surface area contributed by atoms with Gasteiger partial charge >= 0.3 is 0 Å². The summed E-state index contributed by atoms with van der Waals surface area (Å²) in [6, 6.07) is 7.56. The number of ether oxygens (including phenoxy) is 1. The van der Waals surface area contributed by atoms with Gasteiger partial charge in [0.05, 0.1) is 23.6 Å². The molecule has 2 atom stereocenters. The molecule has 1 aliphatic rings. The highest BCUT2D eigenvalue weighted by Gasteiger charge is 2.25. The molecule has 1 amide bonds. The number of carbonyl (C=O) groups excluding carboxylic acids is 1. The molecule has 0 aliphatic heterocycles. The minimum Gasteiger partial charge on any atom is -0.492 e. The smallest absolute Gasteiger partial charge is 0.223 e. The number of para-hydroxylation sites is 1. The number of hydrogen-bond donors (Lipinski definition) is 2. The van der Waals surface area contributed by atoms with Crippen molar-refractivity contribution in [2.75, 3.05) is 13.2 Å². The Morgan fingerprint density at radius 3 is 2.90 bits per heavy atom. The Balaban J connectivity index is 1.64. The van der Waals surface area contributed by atoms with Crippen LogP contribution in [0.25, 0.3) is 0 Å². The summed E-state index contributed by atoms with van der Waals surface area (Å²) < 4.78 is 6.43. The van der Waals surface area contributed by atoms with Gasteiger partial charge in [-0.05, 0) is 40.9 Å². The van der Waals surface area contributed by atoms with Gasteiger partial charge in [0.1, 0.15) is 5.75 Å². The van der Waals surface area contributed by atoms with Crippen molar-refractivity contribution >= 4 is 21.8 Å². The van der Waals surface area contributed by atoms with Gasteiger partial charge < -0.3 is 15.2 Å². The predicted molar refractivity (Wildman–Crippen MR) is 80.6 cm³/mol. The van der Waals surface area contributed by atoms with E-state index in [1.165, 1.54) is 0 Å². The first-order valence-electron chi connectivity index (χ1n) is 6.99. The second kappa shape index (κ2) is 7.64. The number of benzene rings is 1. The summed E-state index contributed by atoms with van der Waals surface area (Å²) in [4.78, 5) is 11.7. The van der Waals surface area contributed by atoms with E-state index in [9.17, 15) is 9.90 Å². The van der Waals surface area contributed by atoms with Gasteiger partial charge in [-0.25, -0.2) is 0 Å². The Hall–Kier alpha value is -1.07. The van der Waals surface area contributed by atoms with Crippen molar-refractivity contribution in [2.24, 2.45) is 5.92 Å². The number of aliphatic hydroxyl groups excluding tert-OH is 1. The SMILES string of the molecule is O=C(CCOc1ccccc1Br)NC[C@H]1CCC[C@@H]1O. The van der Waals surface area contributed by atoms with E-state index >= 15 is 0 Å². The van der Waals surface area contributed by atoms with Crippen molar-refractivity contribution in [3.05, 3.63) is 28.7 Å². The van der Waals surface area contributed by atoms with E-state index in [1.54, 1.807) is 0 Å². The lowest BCUT2D eigenvalue weighted by Gasteiger charge is -2.15. The molecular weight excluding hydrogens is 322 g/mol. The summed E-state index contributed by atoms with van der Waals surface area (Å²) in [5, 5.41) is 12.5. The van der Waals surface area contributed by atoms with Crippen molar-refractivity contribution in [2.45, 2.75) is 31.8 Å². The molecule has 20 heavy (non-hydrogen) atoms. The first-order chi connectivity index (χ1) is 9.66. The third kappa shape index (κ3) is 4.49. The van der Waals surface area contributed by atoms with Gasteiger partial charge in [-0.15, -0.1) is 0 Å². The third-order valence-corrected chi connectivity index (χ3v) is 4.26. The van der Waals surface area contributed by atoms with Crippen LogP contribution >= 0.6 is 15.9 Å². The number of carbonyl (C=O) groups is 1. The minimum absolute atomic E-state index is 0.0313. The lowest BCUT2D eigenvalue weighted by atomic mass is 10.1. The monoisotopic (exact) mass is 341 g/mol. The van der Waals surface area contributed by atoms with Crippen LogP contribution in [0, 0.1) is 5.92 Å². The van der Waals surface area contributed by atoms with Crippen molar-refractivity contribution in [3.8, 4) is 5.75 Å². The number of nitrogens with one attached hydrogen (secondary N) is 1. The molecule has 1 fully saturated rings. The summed E-state index contributed by atoms with van der Waals surface area (Å²) >= 11 is 3.39. The van der Waals surface area contributed by atoms with Crippen LogP contribution in [0.4, 0.5) is 0 Å². The van der Waals surface area contributed by atoms with E-state index in [0.717, 1.165) is 29.5 Å². The maximum atomic E-state index is 11.7. The van der Waals surface area contributed by atoms with Gasteiger partial charge in [0, 0.05) is 12.5 Å². The molecule has 1 aromatic carbocycles. The zero-order valence-corrected chi connectivity index (χ0v) is 12.9. The Kier molecular flexibility index (Phi) is 5.86. The fraction of sp³-hybridized carbons (Fsp3) is 0.533. The summed E-state index contributed by atoms with van der Waals surface area (Å²) in [5.41, 5.74) is 0. The van der Waals surface area contributed by atoms with Gasteiger partial charge in [0.2, 0.25) is 5.91 Å². The van der Waals surface area contributed by atoms with Gasteiger partial charge in [0.15, 0.2) is 0 Å². The van der Waals surface area contributed by atoms with Crippen LogP contribution in [0.5, 0.6) is 5.75 Å². The zero-order chi connectivity index (χ0) is 14.4. The number of rotatable bonds is 6. The third-order valence-electron chi connectivity index (χ3n) is 3.60. The minimum atomic E-state index is -0.258. The Bertz CT molecular complexity index is 452. The van der Waals surface area contributed by atoms with E-state index in [4.69, 9.17) is 4.74 Å². The van der Waals surface area contributed by atoms with E-state index in [2.05, 4.69) is 21.2 Å². The van der Waals surface area contributed by atoms with E-state index < -0.39 is 0 Å². The molecule has 1 aromatic rings. The first-order valence-corrected chi connectivity index (χ1v) is 7.78. The summed E-state index contributed by atoms with van der Waals surface area (Å²) in [6.45, 7) is 0.913. The highest BCUT2D eigenvalue weighted by molar-refractivity contribution is 9.10. The van der Waals surface area contributed by atoms with E-state index in [1.807, 2.05) is 24.3 Å². The molecule has 0 heterocycles. The van der Waals surface area contributed by atoms with Crippen LogP contribution in [0.2, 0.25) is 0 Å². The molecular formula is C15H20BrNO3. The number of halogens is 1. The summed E-state index contributed by atoms with van der Waals surface area (Å²) in [6.07, 6.45) is 2.96. The van der Waals surface area contributed by atoms with Gasteiger partial charge in [-0.3, -0.25) is 4.79 Å². The fourth-order valence-electron chi connectivity index (χ4n) is 2.40. The van der Waals surface area contributed by atoms with Crippen molar-refractivity contribution in [1.82, 2.24) is 5.32 Å². The molecule has 110 valence electrons. The van der Waals surface area contributed by atoms with E-state index in [-0.39, 0.29) is 17.9 Å². The average molecular weight is 342 g/mol. The topological polar surface area (TPSA) is 58.6 Å². The second-order valence-electron chi connectivity index (χ2n) is 5.09. The zero-order valence-electron chi connectivity index (χ0n) is 11.3. The molecule has 1 saturated carbocycles. The van der Waals surface area contributed by atoms with Crippen LogP contribution in [0.3, 0.4) is 0 Å². The second-order valence-corrected chi connectivity index (χ2v) is 5.95. The molecule has 0 bridgehead atoms. The van der Waals surface area contributed by atoms with Crippen LogP contribution in [0.1, 0.15) is 25.7 Å². The highest BCUT2D eigenvalue weighted by atomic mass is 79.9. The molecule has 1 aliphatic carbocycles. The lowest BCUT2D eigenvalue weighted by Crippen LogP contribution is -2.33. The largest absolute Gasteiger partial charge is 0.492 e. The van der Waals surface area contributed by atoms with Crippen LogP contribution in [-0.2, 0) is 4.79 Å². The number of amides is 1. The van der Waals surface area contributed by atoms with Crippen molar-refractivity contribution < 1.29 is 14.6 Å². The Morgan fingerprint density at radius 1 is 1.40 bits per heavy atom. The Labute approximate surface area is 127 Å². The fourth-order valence-corrected chi connectivity index (χ4v) is 2.80. The molecule has 2 rings (SSSR count). The van der Waals surface area contributed by atoms with Crippen LogP contribution in [-0.4, -0.2) is 30.3 Å². The van der Waals surface area contributed by atoms with Crippen LogP contribution in [0.15, 0.2) is 28.7 Å². The summed E-state index contributed by atoms with van der Waals surface area (Å²) in [7, 11) is 0. The van der Waals surface area contributed by atoms with Crippen molar-refractivity contribution in [3.63, 3.8) is 0 Å². The molecule has 5 heteroatoms. The molecule has 2 N–H and O–H groups in total. The van der Waals surface area contributed by atoms with Crippen LogP contribution < -0.4 is 10.1 Å². The number of hydrogen-bond acceptors (Lipinski definition) is 3. The van der Waals surface area contributed by atoms with Gasteiger partial charge in [-0.1, -0.05) is 18.6 Å². The van der Waals surface area contributed by atoms with E-state index in [0.29, 0.717) is 19.6 Å². The maximum absolute atomic E-state index is 11.7. The molecule has 0 saturated heterocycles. The quantitative estimate of drug-likeness (QED) is 0.835. The molecule has 0 spiro atoms. The average Bonchev–Trinajstić information content (AvgIpc) is 2.84. The maximum Gasteiger partial charge on any atom is 0.223 e. The van der Waals surface area contributed by atoms with Gasteiger partial charge in [0.25, 0.3) is 0 Å². The molecule has 4 nitrogen and oxygen atoms in total. The molecule has 0 aromatic heterocycles. The normalized spacial score (nSPS) is 21.7. The van der Waals surface area contributed by atoms with Crippen molar-refractivity contribution in [1.29, 1.82) is 0 Å².